The summed E-state index contributed by atoms with van der Waals surface area (Å²) in [5, 5.41) is 4.90. The summed E-state index contributed by atoms with van der Waals surface area (Å²) in [6.07, 6.45) is 5.46. The molecule has 1 aromatic carbocycles. The second-order valence-corrected chi connectivity index (χ2v) is 9.16. The Morgan fingerprint density at radius 1 is 1.07 bits per heavy atom. The molecule has 144 valence electrons. The van der Waals surface area contributed by atoms with Gasteiger partial charge in [0.2, 0.25) is 0 Å². The van der Waals surface area contributed by atoms with Crippen molar-refractivity contribution in [3.8, 4) is 0 Å². The molecule has 1 aliphatic heterocycles. The Morgan fingerprint density at radius 3 is 2.52 bits per heavy atom. The second kappa shape index (κ2) is 6.35. The van der Waals surface area contributed by atoms with E-state index in [-0.39, 0.29) is 12.2 Å². The van der Waals surface area contributed by atoms with Crippen molar-refractivity contribution in [1.29, 1.82) is 0 Å². The fourth-order valence-electron chi connectivity index (χ4n) is 5.45. The van der Waals surface area contributed by atoms with Crippen molar-refractivity contribution >= 4 is 22.4 Å². The van der Waals surface area contributed by atoms with Crippen molar-refractivity contribution in [2.75, 3.05) is 23.3 Å². The van der Waals surface area contributed by atoms with Crippen LogP contribution in [-0.2, 0) is 4.74 Å². The molecule has 2 heterocycles. The first kappa shape index (κ1) is 17.3. The number of pyridine rings is 1. The fourth-order valence-corrected chi connectivity index (χ4v) is 5.45. The number of benzene rings is 1. The maximum absolute atomic E-state index is 5.97. The summed E-state index contributed by atoms with van der Waals surface area (Å²) in [5.74, 6) is 1.05. The maximum Gasteiger partial charge on any atom is 0.129 e. The van der Waals surface area contributed by atoms with Gasteiger partial charge in [0.15, 0.2) is 0 Å². The number of fused-ring (bicyclic) bond motifs is 1. The Hall–Kier alpha value is -1.85. The van der Waals surface area contributed by atoms with Crippen molar-refractivity contribution in [2.24, 2.45) is 11.1 Å². The minimum Gasteiger partial charge on any atom is -0.382 e. The molecule has 1 spiro atoms. The molecular formula is C22H30N4O. The summed E-state index contributed by atoms with van der Waals surface area (Å²) in [6, 6.07) is 11.9. The van der Waals surface area contributed by atoms with E-state index < -0.39 is 0 Å². The Kier molecular flexibility index (Phi) is 4.06. The van der Waals surface area contributed by atoms with E-state index in [1.807, 2.05) is 0 Å². The summed E-state index contributed by atoms with van der Waals surface area (Å²) < 4.78 is 5.84. The first-order chi connectivity index (χ1) is 13.0. The van der Waals surface area contributed by atoms with Crippen LogP contribution in [0.25, 0.3) is 10.9 Å². The molecule has 3 fully saturated rings. The molecule has 0 bridgehead atoms. The molecule has 3 aliphatic rings. The Balaban J connectivity index is 1.28. The average Bonchev–Trinajstić information content (AvgIpc) is 2.57. The van der Waals surface area contributed by atoms with Crippen molar-refractivity contribution in [1.82, 2.24) is 4.98 Å². The third-order valence-corrected chi connectivity index (χ3v) is 6.54. The predicted octanol–water partition coefficient (Wildman–Crippen LogP) is 3.53. The van der Waals surface area contributed by atoms with Crippen LogP contribution in [0.1, 0.15) is 39.5 Å². The number of nitrogens with zero attached hydrogens (tertiary/aromatic N) is 2. The highest BCUT2D eigenvalue weighted by molar-refractivity contribution is 5.84. The minimum absolute atomic E-state index is 0.244. The molecule has 1 aromatic heterocycles. The topological polar surface area (TPSA) is 63.4 Å². The summed E-state index contributed by atoms with van der Waals surface area (Å²) in [7, 11) is 0. The lowest BCUT2D eigenvalue weighted by molar-refractivity contribution is -0.00544. The highest BCUT2D eigenvalue weighted by atomic mass is 16.5. The van der Waals surface area contributed by atoms with Crippen LogP contribution in [0, 0.1) is 5.41 Å². The smallest absolute Gasteiger partial charge is 0.129 e. The standard InChI is InChI=1S/C22H30N4O/c1-14-12-26(13-15(2)27-14)21-6-3-16-7-18(4-5-20(16)25-21)24-19-10-22(11-19)8-17(23)9-22/h3-7,14-15,17,19,24H,8-13,23H2,1-2H3/t14-,15+,17?,19?,22?. The zero-order valence-electron chi connectivity index (χ0n) is 16.3. The summed E-state index contributed by atoms with van der Waals surface area (Å²) in [6.45, 7) is 6.05. The molecule has 0 radical (unpaired) electrons. The fraction of sp³-hybridized carbons (Fsp3) is 0.591. The first-order valence-electron chi connectivity index (χ1n) is 10.3. The lowest BCUT2D eigenvalue weighted by Gasteiger charge is -2.57. The molecule has 5 heteroatoms. The number of hydrogen-bond acceptors (Lipinski definition) is 5. The van der Waals surface area contributed by atoms with Crippen LogP contribution >= 0.6 is 0 Å². The SMILES string of the molecule is C[C@@H]1CN(c2ccc3cc(NC4CC5(CC(N)C5)C4)ccc3n2)C[C@H](C)O1. The molecule has 2 saturated carbocycles. The van der Waals surface area contributed by atoms with Crippen LogP contribution in [0.4, 0.5) is 11.5 Å². The number of nitrogens with one attached hydrogen (secondary N) is 1. The molecule has 0 unspecified atom stereocenters. The van der Waals surface area contributed by atoms with E-state index >= 15 is 0 Å². The highest BCUT2D eigenvalue weighted by Crippen LogP contribution is 2.55. The molecule has 1 saturated heterocycles. The number of anilines is 2. The zero-order chi connectivity index (χ0) is 18.6. The summed E-state index contributed by atoms with van der Waals surface area (Å²) in [4.78, 5) is 7.24. The molecule has 0 amide bonds. The van der Waals surface area contributed by atoms with E-state index in [2.05, 4.69) is 54.4 Å². The van der Waals surface area contributed by atoms with Gasteiger partial charge in [-0.1, -0.05) is 0 Å². The molecule has 2 aliphatic carbocycles. The van der Waals surface area contributed by atoms with Crippen molar-refractivity contribution < 1.29 is 4.74 Å². The van der Waals surface area contributed by atoms with Crippen molar-refractivity contribution in [3.05, 3.63) is 30.3 Å². The molecular weight excluding hydrogens is 336 g/mol. The van der Waals surface area contributed by atoms with Gasteiger partial charge in [-0.05, 0) is 75.3 Å². The summed E-state index contributed by atoms with van der Waals surface area (Å²) in [5.41, 5.74) is 8.79. The lowest BCUT2D eigenvalue weighted by Crippen LogP contribution is -2.57. The van der Waals surface area contributed by atoms with Gasteiger partial charge in [0.1, 0.15) is 5.82 Å². The van der Waals surface area contributed by atoms with Crippen LogP contribution in [0.15, 0.2) is 30.3 Å². The van der Waals surface area contributed by atoms with Gasteiger partial charge in [-0.2, -0.15) is 0 Å². The van der Waals surface area contributed by atoms with Gasteiger partial charge in [-0.15, -0.1) is 0 Å². The van der Waals surface area contributed by atoms with Gasteiger partial charge in [-0.3, -0.25) is 0 Å². The van der Waals surface area contributed by atoms with Crippen LogP contribution in [0.5, 0.6) is 0 Å². The van der Waals surface area contributed by atoms with E-state index in [0.717, 1.165) is 24.4 Å². The van der Waals surface area contributed by atoms with Crippen LogP contribution in [0.2, 0.25) is 0 Å². The average molecular weight is 367 g/mol. The lowest BCUT2D eigenvalue weighted by atomic mass is 9.52. The normalized spacial score (nSPS) is 35.7. The van der Waals surface area contributed by atoms with E-state index in [4.69, 9.17) is 15.5 Å². The molecule has 5 nitrogen and oxygen atoms in total. The number of ether oxygens (including phenoxy) is 1. The summed E-state index contributed by atoms with van der Waals surface area (Å²) >= 11 is 0. The Labute approximate surface area is 161 Å². The minimum atomic E-state index is 0.244. The van der Waals surface area contributed by atoms with Gasteiger partial charge in [0, 0.05) is 36.2 Å². The van der Waals surface area contributed by atoms with Crippen molar-refractivity contribution in [3.63, 3.8) is 0 Å². The number of nitrogens with two attached hydrogens (primary N) is 1. The largest absolute Gasteiger partial charge is 0.382 e. The van der Waals surface area contributed by atoms with Gasteiger partial charge in [0.05, 0.1) is 17.7 Å². The predicted molar refractivity (Wildman–Crippen MR) is 110 cm³/mol. The molecule has 2 aromatic rings. The number of rotatable bonds is 3. The van der Waals surface area contributed by atoms with Crippen LogP contribution < -0.4 is 16.0 Å². The molecule has 27 heavy (non-hydrogen) atoms. The van der Waals surface area contributed by atoms with E-state index in [0.29, 0.717) is 17.5 Å². The van der Waals surface area contributed by atoms with Crippen LogP contribution in [-0.4, -0.2) is 42.4 Å². The quantitative estimate of drug-likeness (QED) is 0.870. The molecule has 2 atom stereocenters. The number of morpholine rings is 1. The monoisotopic (exact) mass is 366 g/mol. The van der Waals surface area contributed by atoms with Gasteiger partial charge in [0.25, 0.3) is 0 Å². The zero-order valence-corrected chi connectivity index (χ0v) is 16.3. The number of aromatic nitrogens is 1. The van der Waals surface area contributed by atoms with Gasteiger partial charge in [-0.25, -0.2) is 4.98 Å². The van der Waals surface area contributed by atoms with Crippen molar-refractivity contribution in [2.45, 2.75) is 63.8 Å². The molecule has 3 N–H and O–H groups in total. The highest BCUT2D eigenvalue weighted by Gasteiger charge is 2.51. The van der Waals surface area contributed by atoms with E-state index in [1.165, 1.54) is 36.8 Å². The number of hydrogen-bond donors (Lipinski definition) is 2. The second-order valence-electron chi connectivity index (χ2n) is 9.16. The van der Waals surface area contributed by atoms with E-state index in [1.54, 1.807) is 0 Å². The molecule has 5 rings (SSSR count). The third-order valence-electron chi connectivity index (χ3n) is 6.54. The third kappa shape index (κ3) is 3.27. The Morgan fingerprint density at radius 2 is 1.81 bits per heavy atom. The van der Waals surface area contributed by atoms with Crippen LogP contribution in [0.3, 0.4) is 0 Å². The maximum atomic E-state index is 5.97. The first-order valence-corrected chi connectivity index (χ1v) is 10.3. The van der Waals surface area contributed by atoms with Gasteiger partial charge >= 0.3 is 0 Å². The Bertz CT molecular complexity index is 829. The van der Waals surface area contributed by atoms with E-state index in [9.17, 15) is 0 Å². The van der Waals surface area contributed by atoms with Gasteiger partial charge < -0.3 is 20.7 Å².